The SMILES string of the molecule is N#Cc1ccc(NC(=O)c2cc(N)nc(Cl)c2)c(Cl)c1. The van der Waals surface area contributed by atoms with E-state index in [0.717, 1.165) is 0 Å². The van der Waals surface area contributed by atoms with Gasteiger partial charge in [0.15, 0.2) is 0 Å². The molecule has 3 N–H and O–H groups in total. The number of nitrogens with one attached hydrogen (secondary N) is 1. The minimum Gasteiger partial charge on any atom is -0.384 e. The molecule has 0 radical (unpaired) electrons. The minimum atomic E-state index is -0.424. The van der Waals surface area contributed by atoms with Crippen LogP contribution in [-0.2, 0) is 0 Å². The fraction of sp³-hybridized carbons (Fsp3) is 0. The lowest BCUT2D eigenvalue weighted by atomic mass is 10.2. The zero-order valence-corrected chi connectivity index (χ0v) is 11.5. The summed E-state index contributed by atoms with van der Waals surface area (Å²) in [4.78, 5) is 15.8. The Morgan fingerprint density at radius 2 is 2.05 bits per heavy atom. The highest BCUT2D eigenvalue weighted by Crippen LogP contribution is 2.24. The molecule has 1 amide bonds. The zero-order chi connectivity index (χ0) is 14.7. The number of nitrogens with zero attached hydrogens (tertiary/aromatic N) is 2. The molecule has 0 fully saturated rings. The predicted octanol–water partition coefficient (Wildman–Crippen LogP) is 3.09. The number of nitrogens with two attached hydrogens (primary N) is 1. The molecule has 100 valence electrons. The highest BCUT2D eigenvalue weighted by atomic mass is 35.5. The molecule has 1 aromatic carbocycles. The van der Waals surface area contributed by atoms with Crippen LogP contribution in [0.3, 0.4) is 0 Å². The quantitative estimate of drug-likeness (QED) is 0.834. The average molecular weight is 307 g/mol. The highest BCUT2D eigenvalue weighted by Gasteiger charge is 2.11. The molecule has 20 heavy (non-hydrogen) atoms. The predicted molar refractivity (Wildman–Crippen MR) is 77.8 cm³/mol. The Morgan fingerprint density at radius 1 is 1.30 bits per heavy atom. The molecule has 0 bridgehead atoms. The van der Waals surface area contributed by atoms with Crippen molar-refractivity contribution in [3.05, 3.63) is 51.6 Å². The molecule has 0 unspecified atom stereocenters. The van der Waals surface area contributed by atoms with Gasteiger partial charge in [0.1, 0.15) is 11.0 Å². The number of aromatic nitrogens is 1. The van der Waals surface area contributed by atoms with Crippen LogP contribution in [-0.4, -0.2) is 10.9 Å². The van der Waals surface area contributed by atoms with Crippen molar-refractivity contribution in [1.82, 2.24) is 4.98 Å². The maximum Gasteiger partial charge on any atom is 0.255 e. The first-order chi connectivity index (χ1) is 9.49. The fourth-order valence-corrected chi connectivity index (χ4v) is 1.97. The standard InChI is InChI=1S/C13H8Cl2N4O/c14-9-3-7(6-16)1-2-10(9)18-13(20)8-4-11(15)19-12(17)5-8/h1-5H,(H2,17,19)(H,18,20). The molecular formula is C13H8Cl2N4O. The number of hydrogen-bond donors (Lipinski definition) is 2. The van der Waals surface area contributed by atoms with Crippen molar-refractivity contribution in [3.8, 4) is 6.07 Å². The summed E-state index contributed by atoms with van der Waals surface area (Å²) >= 11 is 11.7. The van der Waals surface area contributed by atoms with Gasteiger partial charge in [0.05, 0.1) is 22.3 Å². The summed E-state index contributed by atoms with van der Waals surface area (Å²) in [6.45, 7) is 0. The van der Waals surface area contributed by atoms with Crippen molar-refractivity contribution in [2.75, 3.05) is 11.1 Å². The van der Waals surface area contributed by atoms with Gasteiger partial charge in [-0.05, 0) is 30.3 Å². The normalized spacial score (nSPS) is 9.85. The second kappa shape index (κ2) is 5.78. The number of amides is 1. The van der Waals surface area contributed by atoms with Crippen LogP contribution >= 0.6 is 23.2 Å². The van der Waals surface area contributed by atoms with Gasteiger partial charge in [0.2, 0.25) is 0 Å². The minimum absolute atomic E-state index is 0.126. The number of halogens is 2. The lowest BCUT2D eigenvalue weighted by Gasteiger charge is -2.08. The highest BCUT2D eigenvalue weighted by molar-refractivity contribution is 6.34. The third-order valence-electron chi connectivity index (χ3n) is 2.42. The maximum atomic E-state index is 12.0. The van der Waals surface area contributed by atoms with E-state index in [2.05, 4.69) is 10.3 Å². The Balaban J connectivity index is 2.26. The monoisotopic (exact) mass is 306 g/mol. The summed E-state index contributed by atoms with van der Waals surface area (Å²) in [5.41, 5.74) is 6.58. The van der Waals surface area contributed by atoms with Gasteiger partial charge in [-0.1, -0.05) is 23.2 Å². The number of hydrogen-bond acceptors (Lipinski definition) is 4. The van der Waals surface area contributed by atoms with Crippen LogP contribution in [0.5, 0.6) is 0 Å². The molecule has 0 aliphatic rings. The Bertz CT molecular complexity index is 705. The molecule has 1 heterocycles. The number of nitrogen functional groups attached to an aromatic ring is 1. The van der Waals surface area contributed by atoms with Crippen molar-refractivity contribution >= 4 is 40.6 Å². The average Bonchev–Trinajstić information content (AvgIpc) is 2.39. The van der Waals surface area contributed by atoms with Crippen LogP contribution in [0.2, 0.25) is 10.2 Å². The molecule has 2 aromatic rings. The van der Waals surface area contributed by atoms with Crippen molar-refractivity contribution in [2.45, 2.75) is 0 Å². The largest absolute Gasteiger partial charge is 0.384 e. The number of carbonyl (C=O) groups excluding carboxylic acids is 1. The summed E-state index contributed by atoms with van der Waals surface area (Å²) in [7, 11) is 0. The maximum absolute atomic E-state index is 12.0. The number of anilines is 2. The van der Waals surface area contributed by atoms with E-state index < -0.39 is 5.91 Å². The van der Waals surface area contributed by atoms with Gasteiger partial charge in [-0.3, -0.25) is 4.79 Å². The lowest BCUT2D eigenvalue weighted by Crippen LogP contribution is -2.13. The first-order valence-corrected chi connectivity index (χ1v) is 6.19. The van der Waals surface area contributed by atoms with Gasteiger partial charge in [-0.2, -0.15) is 5.26 Å². The van der Waals surface area contributed by atoms with E-state index in [9.17, 15) is 4.79 Å². The van der Waals surface area contributed by atoms with Crippen LogP contribution in [0, 0.1) is 11.3 Å². The van der Waals surface area contributed by atoms with E-state index in [-0.39, 0.29) is 21.6 Å². The van der Waals surface area contributed by atoms with Crippen molar-refractivity contribution in [2.24, 2.45) is 0 Å². The molecule has 0 saturated carbocycles. The van der Waals surface area contributed by atoms with Crippen LogP contribution in [0.25, 0.3) is 0 Å². The second-order valence-corrected chi connectivity index (χ2v) is 4.66. The summed E-state index contributed by atoms with van der Waals surface area (Å²) < 4.78 is 0. The number of benzene rings is 1. The van der Waals surface area contributed by atoms with Crippen molar-refractivity contribution in [3.63, 3.8) is 0 Å². The third-order valence-corrected chi connectivity index (χ3v) is 2.93. The van der Waals surface area contributed by atoms with Crippen LogP contribution in [0.1, 0.15) is 15.9 Å². The van der Waals surface area contributed by atoms with Gasteiger partial charge in [-0.15, -0.1) is 0 Å². The molecule has 0 aliphatic carbocycles. The van der Waals surface area contributed by atoms with Gasteiger partial charge >= 0.3 is 0 Å². The van der Waals surface area contributed by atoms with Crippen LogP contribution < -0.4 is 11.1 Å². The Labute approximate surface area is 124 Å². The third kappa shape index (κ3) is 3.18. The van der Waals surface area contributed by atoms with Crippen LogP contribution in [0.15, 0.2) is 30.3 Å². The van der Waals surface area contributed by atoms with E-state index in [1.54, 1.807) is 12.1 Å². The van der Waals surface area contributed by atoms with E-state index in [1.807, 2.05) is 6.07 Å². The molecule has 0 spiro atoms. The number of carbonyl (C=O) groups is 1. The van der Waals surface area contributed by atoms with E-state index >= 15 is 0 Å². The Hall–Kier alpha value is -2.29. The molecule has 1 aromatic heterocycles. The van der Waals surface area contributed by atoms with Gasteiger partial charge < -0.3 is 11.1 Å². The van der Waals surface area contributed by atoms with E-state index in [1.165, 1.54) is 18.2 Å². The molecular weight excluding hydrogens is 299 g/mol. The molecule has 0 atom stereocenters. The van der Waals surface area contributed by atoms with E-state index in [4.69, 9.17) is 34.2 Å². The molecule has 7 heteroatoms. The fourth-order valence-electron chi connectivity index (χ4n) is 1.53. The zero-order valence-electron chi connectivity index (χ0n) is 10.0. The smallest absolute Gasteiger partial charge is 0.255 e. The lowest BCUT2D eigenvalue weighted by molar-refractivity contribution is 0.102. The Morgan fingerprint density at radius 3 is 2.65 bits per heavy atom. The van der Waals surface area contributed by atoms with Gasteiger partial charge in [0.25, 0.3) is 5.91 Å². The molecule has 2 rings (SSSR count). The first-order valence-electron chi connectivity index (χ1n) is 5.43. The number of rotatable bonds is 2. The van der Waals surface area contributed by atoms with Crippen LogP contribution in [0.4, 0.5) is 11.5 Å². The van der Waals surface area contributed by atoms with Crippen molar-refractivity contribution < 1.29 is 4.79 Å². The molecule has 0 saturated heterocycles. The summed E-state index contributed by atoms with van der Waals surface area (Å²) in [5.74, 6) is -0.277. The summed E-state index contributed by atoms with van der Waals surface area (Å²) in [6, 6.07) is 9.31. The Kier molecular flexibility index (Phi) is 4.08. The molecule has 5 nitrogen and oxygen atoms in total. The van der Waals surface area contributed by atoms with Gasteiger partial charge in [-0.25, -0.2) is 4.98 Å². The molecule has 0 aliphatic heterocycles. The number of pyridine rings is 1. The first kappa shape index (κ1) is 14.1. The second-order valence-electron chi connectivity index (χ2n) is 3.86. The van der Waals surface area contributed by atoms with Gasteiger partial charge in [0, 0.05) is 5.56 Å². The number of nitriles is 1. The van der Waals surface area contributed by atoms with Crippen molar-refractivity contribution in [1.29, 1.82) is 5.26 Å². The summed E-state index contributed by atoms with van der Waals surface area (Å²) in [6.07, 6.45) is 0. The topological polar surface area (TPSA) is 91.8 Å². The van der Waals surface area contributed by atoms with E-state index in [0.29, 0.717) is 11.3 Å². The summed E-state index contributed by atoms with van der Waals surface area (Å²) in [5, 5.41) is 11.7.